The van der Waals surface area contributed by atoms with E-state index in [0.717, 1.165) is 0 Å². The van der Waals surface area contributed by atoms with Crippen LogP contribution >= 0.6 is 11.8 Å². The third-order valence-corrected chi connectivity index (χ3v) is 3.26. The Bertz CT molecular complexity index is 464. The zero-order valence-electron chi connectivity index (χ0n) is 9.15. The molecule has 1 aromatic rings. The summed E-state index contributed by atoms with van der Waals surface area (Å²) in [5.41, 5.74) is -3.97. The van der Waals surface area contributed by atoms with E-state index in [0.29, 0.717) is 18.7 Å². The van der Waals surface area contributed by atoms with Crippen molar-refractivity contribution in [2.45, 2.75) is 22.9 Å². The van der Waals surface area contributed by atoms with Gasteiger partial charge in [0, 0.05) is 23.5 Å². The zero-order chi connectivity index (χ0) is 13.3. The Morgan fingerprint density at radius 1 is 1.39 bits per heavy atom. The van der Waals surface area contributed by atoms with Crippen LogP contribution in [0.15, 0.2) is 29.2 Å². The largest absolute Gasteiger partial charge is 0.446 e. The first-order chi connectivity index (χ1) is 8.37. The van der Waals surface area contributed by atoms with Gasteiger partial charge in [-0.2, -0.15) is 13.2 Å². The second kappa shape index (κ2) is 4.81. The summed E-state index contributed by atoms with van der Waals surface area (Å²) in [5.74, 6) is -0.468. The molecule has 0 bridgehead atoms. The van der Waals surface area contributed by atoms with Crippen LogP contribution in [0.2, 0.25) is 0 Å². The van der Waals surface area contributed by atoms with Gasteiger partial charge in [-0.15, -0.1) is 0 Å². The Labute approximate surface area is 106 Å². The van der Waals surface area contributed by atoms with Crippen LogP contribution in [-0.2, 0) is 4.79 Å². The summed E-state index contributed by atoms with van der Waals surface area (Å²) >= 11 is -0.225. The van der Waals surface area contributed by atoms with Gasteiger partial charge in [-0.3, -0.25) is 4.79 Å². The lowest BCUT2D eigenvalue weighted by atomic mass is 10.3. The number of alkyl halides is 3. The van der Waals surface area contributed by atoms with Crippen LogP contribution in [0.1, 0.15) is 6.42 Å². The van der Waals surface area contributed by atoms with Crippen molar-refractivity contribution in [2.24, 2.45) is 0 Å². The molecule has 2 rings (SSSR count). The minimum Gasteiger partial charge on any atom is -0.383 e. The van der Waals surface area contributed by atoms with Crippen LogP contribution in [0.3, 0.4) is 0 Å². The van der Waals surface area contributed by atoms with E-state index in [1.54, 1.807) is 6.07 Å². The van der Waals surface area contributed by atoms with Crippen LogP contribution < -0.4 is 4.90 Å². The molecule has 0 aromatic heterocycles. The highest BCUT2D eigenvalue weighted by Crippen LogP contribution is 2.38. The average Bonchev–Trinajstić information content (AvgIpc) is 2.58. The smallest absolute Gasteiger partial charge is 0.383 e. The molecule has 1 heterocycles. The lowest BCUT2D eigenvalue weighted by molar-refractivity contribution is -0.124. The molecule has 7 heteroatoms. The summed E-state index contributed by atoms with van der Waals surface area (Å²) in [6.45, 7) is 0.320. The van der Waals surface area contributed by atoms with E-state index >= 15 is 0 Å². The third-order valence-electron chi connectivity index (χ3n) is 2.54. The van der Waals surface area contributed by atoms with Crippen molar-refractivity contribution in [2.75, 3.05) is 11.4 Å². The summed E-state index contributed by atoms with van der Waals surface area (Å²) in [4.78, 5) is 12.9. The quantitative estimate of drug-likeness (QED) is 0.844. The molecule has 3 nitrogen and oxygen atoms in total. The zero-order valence-corrected chi connectivity index (χ0v) is 9.96. The lowest BCUT2D eigenvalue weighted by Crippen LogP contribution is -2.29. The first-order valence-electron chi connectivity index (χ1n) is 5.22. The molecule has 1 fully saturated rings. The Balaban J connectivity index is 2.20. The number of aliphatic hydroxyl groups is 1. The molecular formula is C11H10F3NO2S. The van der Waals surface area contributed by atoms with Crippen molar-refractivity contribution >= 4 is 23.4 Å². The maximum atomic E-state index is 12.2. The molecule has 1 aliphatic rings. The molecule has 0 aliphatic carbocycles. The Kier molecular flexibility index (Phi) is 3.54. The predicted octanol–water partition coefficient (Wildman–Crippen LogP) is 2.40. The first-order valence-corrected chi connectivity index (χ1v) is 6.04. The number of carbonyl (C=O) groups is 1. The Hall–Kier alpha value is -1.21. The number of thioether (sulfide) groups is 1. The van der Waals surface area contributed by atoms with Crippen molar-refractivity contribution < 1.29 is 23.1 Å². The highest BCUT2D eigenvalue weighted by Gasteiger charge is 2.32. The third kappa shape index (κ3) is 2.97. The Morgan fingerprint density at radius 3 is 2.67 bits per heavy atom. The fourth-order valence-corrected chi connectivity index (χ4v) is 2.36. The summed E-state index contributed by atoms with van der Waals surface area (Å²) in [5, 5.41) is 9.31. The molecule has 0 radical (unpaired) electrons. The molecule has 1 saturated heterocycles. The first kappa shape index (κ1) is 13.2. The summed E-state index contributed by atoms with van der Waals surface area (Å²) in [7, 11) is 0. The van der Waals surface area contributed by atoms with Crippen LogP contribution in [-0.4, -0.2) is 29.2 Å². The van der Waals surface area contributed by atoms with Crippen LogP contribution in [0.5, 0.6) is 0 Å². The molecular weight excluding hydrogens is 267 g/mol. The van der Waals surface area contributed by atoms with E-state index in [-0.39, 0.29) is 16.7 Å². The number of aliphatic hydroxyl groups excluding tert-OH is 1. The molecule has 1 amide bonds. The fourth-order valence-electron chi connectivity index (χ4n) is 1.77. The molecule has 1 unspecified atom stereocenters. The molecule has 1 aromatic carbocycles. The predicted molar refractivity (Wildman–Crippen MR) is 61.3 cm³/mol. The topological polar surface area (TPSA) is 40.5 Å². The SMILES string of the molecule is O=C1C(O)CCN1c1cccc(SC(F)(F)F)c1. The standard InChI is InChI=1S/C11H10F3NO2S/c12-11(13,14)18-8-3-1-2-7(6-8)15-5-4-9(16)10(15)17/h1-3,6,9,16H,4-5H2. The second-order valence-electron chi connectivity index (χ2n) is 3.84. The van der Waals surface area contributed by atoms with Crippen LogP contribution in [0, 0.1) is 0 Å². The lowest BCUT2D eigenvalue weighted by Gasteiger charge is -2.17. The van der Waals surface area contributed by atoms with Gasteiger partial charge in [-0.25, -0.2) is 0 Å². The van der Waals surface area contributed by atoms with Crippen molar-refractivity contribution in [1.82, 2.24) is 0 Å². The van der Waals surface area contributed by atoms with Crippen molar-refractivity contribution in [3.05, 3.63) is 24.3 Å². The van der Waals surface area contributed by atoms with Gasteiger partial charge in [0.1, 0.15) is 6.10 Å². The molecule has 1 atom stereocenters. The maximum Gasteiger partial charge on any atom is 0.446 e. The van der Waals surface area contributed by atoms with E-state index in [2.05, 4.69) is 0 Å². The monoisotopic (exact) mass is 277 g/mol. The minimum atomic E-state index is -4.35. The van der Waals surface area contributed by atoms with E-state index < -0.39 is 17.5 Å². The fraction of sp³-hybridized carbons (Fsp3) is 0.364. The number of anilines is 1. The molecule has 0 saturated carbocycles. The number of rotatable bonds is 2. The van der Waals surface area contributed by atoms with Crippen molar-refractivity contribution in [1.29, 1.82) is 0 Å². The van der Waals surface area contributed by atoms with Gasteiger partial charge < -0.3 is 10.0 Å². The maximum absolute atomic E-state index is 12.2. The molecule has 1 N–H and O–H groups in total. The van der Waals surface area contributed by atoms with Crippen LogP contribution in [0.25, 0.3) is 0 Å². The van der Waals surface area contributed by atoms with Crippen LogP contribution in [0.4, 0.5) is 18.9 Å². The van der Waals surface area contributed by atoms with E-state index in [4.69, 9.17) is 0 Å². The number of halogens is 3. The van der Waals surface area contributed by atoms with Gasteiger partial charge >= 0.3 is 5.51 Å². The summed E-state index contributed by atoms with van der Waals surface area (Å²) in [6.07, 6.45) is -0.751. The number of hydrogen-bond acceptors (Lipinski definition) is 3. The number of nitrogens with zero attached hydrogens (tertiary/aromatic N) is 1. The van der Waals surface area contributed by atoms with Gasteiger partial charge in [-0.05, 0) is 30.0 Å². The summed E-state index contributed by atoms with van der Waals surface area (Å²) < 4.78 is 36.7. The molecule has 0 spiro atoms. The number of hydrogen-bond donors (Lipinski definition) is 1. The molecule has 1 aliphatic heterocycles. The molecule has 98 valence electrons. The number of carbonyl (C=O) groups excluding carboxylic acids is 1. The summed E-state index contributed by atoms with van der Waals surface area (Å²) in [6, 6.07) is 5.64. The highest BCUT2D eigenvalue weighted by atomic mass is 32.2. The minimum absolute atomic E-state index is 0.0224. The van der Waals surface area contributed by atoms with Gasteiger partial charge in [0.2, 0.25) is 0 Å². The van der Waals surface area contributed by atoms with E-state index in [1.165, 1.54) is 23.1 Å². The average molecular weight is 277 g/mol. The van der Waals surface area contributed by atoms with Gasteiger partial charge in [0.25, 0.3) is 5.91 Å². The van der Waals surface area contributed by atoms with Gasteiger partial charge in [-0.1, -0.05) is 6.07 Å². The number of amides is 1. The van der Waals surface area contributed by atoms with Gasteiger partial charge in [0.15, 0.2) is 0 Å². The van der Waals surface area contributed by atoms with Gasteiger partial charge in [0.05, 0.1) is 0 Å². The van der Waals surface area contributed by atoms with Crippen molar-refractivity contribution in [3.63, 3.8) is 0 Å². The normalized spacial score (nSPS) is 20.6. The van der Waals surface area contributed by atoms with E-state index in [9.17, 15) is 23.1 Å². The second-order valence-corrected chi connectivity index (χ2v) is 4.98. The molecule has 18 heavy (non-hydrogen) atoms. The highest BCUT2D eigenvalue weighted by molar-refractivity contribution is 8.00. The van der Waals surface area contributed by atoms with E-state index in [1.807, 2.05) is 0 Å². The van der Waals surface area contributed by atoms with Crippen molar-refractivity contribution in [3.8, 4) is 0 Å². The number of benzene rings is 1. The Morgan fingerprint density at radius 2 is 2.11 bits per heavy atom.